The Bertz CT molecular complexity index is 2690. The van der Waals surface area contributed by atoms with Crippen LogP contribution in [0.15, 0.2) is 96.5 Å². The molecule has 6 aromatic heterocycles. The number of anilines is 4. The molecular formula is C38H28Cl4N14O4S2. The van der Waals surface area contributed by atoms with Gasteiger partial charge >= 0.3 is 11.4 Å². The maximum absolute atomic E-state index is 11.8. The predicted molar refractivity (Wildman–Crippen MR) is 244 cm³/mol. The van der Waals surface area contributed by atoms with Crippen molar-refractivity contribution in [3.8, 4) is 45.3 Å². The van der Waals surface area contributed by atoms with Gasteiger partial charge in [0.15, 0.2) is 10.0 Å². The summed E-state index contributed by atoms with van der Waals surface area (Å²) in [5.41, 5.74) is 2.72. The Morgan fingerprint density at radius 3 is 1.42 bits per heavy atom. The number of nitrogens with zero attached hydrogens (tertiary/aromatic N) is 10. The number of hydrogen-bond acceptors (Lipinski definition) is 16. The van der Waals surface area contributed by atoms with Crippen LogP contribution < -0.4 is 20.7 Å². The summed E-state index contributed by atoms with van der Waals surface area (Å²) in [6.07, 6.45) is 9.71. The van der Waals surface area contributed by atoms with Crippen LogP contribution in [0.5, 0.6) is 0 Å². The predicted octanol–water partition coefficient (Wildman–Crippen LogP) is 10.4. The summed E-state index contributed by atoms with van der Waals surface area (Å²) in [7, 11) is 0. The number of benzene rings is 2. The molecular weight excluding hydrogens is 922 g/mol. The van der Waals surface area contributed by atoms with E-state index in [1.54, 1.807) is 94.4 Å². The van der Waals surface area contributed by atoms with E-state index < -0.39 is 9.85 Å². The van der Waals surface area contributed by atoms with E-state index in [4.69, 9.17) is 66.3 Å². The number of imidazole rings is 2. The molecule has 4 N–H and O–H groups in total. The Kier molecular flexibility index (Phi) is 12.7. The molecule has 62 heavy (non-hydrogen) atoms. The molecule has 24 heteroatoms. The lowest BCUT2D eigenvalue weighted by Crippen LogP contribution is -2.49. The average molecular weight is 951 g/mol. The Labute approximate surface area is 378 Å². The Balaban J connectivity index is 1.30. The van der Waals surface area contributed by atoms with Crippen LogP contribution in [-0.4, -0.2) is 75.9 Å². The summed E-state index contributed by atoms with van der Waals surface area (Å²) < 4.78 is 0. The first-order valence-electron chi connectivity index (χ1n) is 18.2. The van der Waals surface area contributed by atoms with Gasteiger partial charge in [-0.2, -0.15) is 0 Å². The minimum Gasteiger partial charge on any atom is -0.369 e. The zero-order chi connectivity index (χ0) is 43.3. The molecule has 0 unspecified atom stereocenters. The number of hydrazine groups is 1. The van der Waals surface area contributed by atoms with Gasteiger partial charge in [-0.25, -0.2) is 39.9 Å². The maximum Gasteiger partial charge on any atom is 0.303 e. The molecule has 0 bridgehead atoms. The SMILES string of the molecule is O=[N+]([O-])c1ccsc1NCCN(c1ncc(-c2ncc[nH]2)c(-c2ccc(Cl)cc2Cl)n1)N(CCNc1sccc1[N+](=O)[O-])c1ncc(-c2ncc[nH]2)c(-c2ccc(Cl)cc2Cl)n1. The van der Waals surface area contributed by atoms with Crippen LogP contribution in [0.3, 0.4) is 0 Å². The molecule has 0 aliphatic carbocycles. The molecule has 18 nitrogen and oxygen atoms in total. The van der Waals surface area contributed by atoms with E-state index in [0.29, 0.717) is 75.4 Å². The highest BCUT2D eigenvalue weighted by molar-refractivity contribution is 7.15. The summed E-state index contributed by atoms with van der Waals surface area (Å²) in [6, 6.07) is 12.9. The second-order valence-electron chi connectivity index (χ2n) is 12.9. The molecule has 0 spiro atoms. The van der Waals surface area contributed by atoms with Gasteiger partial charge in [-0.05, 0) is 47.2 Å². The number of halogens is 4. The van der Waals surface area contributed by atoms with Crippen molar-refractivity contribution in [1.29, 1.82) is 0 Å². The molecule has 2 aromatic carbocycles. The lowest BCUT2D eigenvalue weighted by molar-refractivity contribution is -0.383. The number of aromatic nitrogens is 8. The monoisotopic (exact) mass is 948 g/mol. The summed E-state index contributed by atoms with van der Waals surface area (Å²) in [4.78, 5) is 57.7. The number of thiophene rings is 2. The van der Waals surface area contributed by atoms with Crippen LogP contribution in [0, 0.1) is 20.2 Å². The second-order valence-corrected chi connectivity index (χ2v) is 16.4. The fourth-order valence-electron chi connectivity index (χ4n) is 6.30. The van der Waals surface area contributed by atoms with E-state index in [1.807, 2.05) is 0 Å². The third kappa shape index (κ3) is 9.10. The molecule has 0 saturated heterocycles. The van der Waals surface area contributed by atoms with Crippen LogP contribution in [-0.2, 0) is 0 Å². The molecule has 0 amide bonds. The van der Waals surface area contributed by atoms with Gasteiger partial charge in [0, 0.05) is 83.6 Å². The van der Waals surface area contributed by atoms with Crippen molar-refractivity contribution >= 4 is 102 Å². The van der Waals surface area contributed by atoms with Gasteiger partial charge in [0.1, 0.15) is 11.6 Å². The van der Waals surface area contributed by atoms with Crippen molar-refractivity contribution in [3.05, 3.63) is 137 Å². The molecule has 8 aromatic rings. The third-order valence-electron chi connectivity index (χ3n) is 9.09. The average Bonchev–Trinajstić information content (AvgIpc) is 4.10. The molecule has 314 valence electrons. The van der Waals surface area contributed by atoms with Crippen LogP contribution >= 0.6 is 69.1 Å². The van der Waals surface area contributed by atoms with E-state index in [9.17, 15) is 20.2 Å². The number of H-pyrrole nitrogens is 2. The van der Waals surface area contributed by atoms with Crippen molar-refractivity contribution in [1.82, 2.24) is 39.9 Å². The summed E-state index contributed by atoms with van der Waals surface area (Å²) in [5, 5.41) is 38.8. The van der Waals surface area contributed by atoms with Crippen LogP contribution in [0.4, 0.5) is 33.3 Å². The van der Waals surface area contributed by atoms with Crippen LogP contribution in [0.1, 0.15) is 0 Å². The quantitative estimate of drug-likeness (QED) is 0.0492. The minimum atomic E-state index is -0.464. The fraction of sp³-hybridized carbons (Fsp3) is 0.105. The molecule has 0 atom stereocenters. The number of nitro groups is 2. The van der Waals surface area contributed by atoms with Crippen molar-refractivity contribution < 1.29 is 9.85 Å². The van der Waals surface area contributed by atoms with E-state index in [1.165, 1.54) is 34.8 Å². The molecule has 0 radical (unpaired) electrons. The largest absolute Gasteiger partial charge is 0.369 e. The first-order valence-corrected chi connectivity index (χ1v) is 21.4. The number of rotatable bonds is 17. The van der Waals surface area contributed by atoms with Crippen molar-refractivity contribution in [2.45, 2.75) is 0 Å². The zero-order valence-electron chi connectivity index (χ0n) is 31.5. The highest BCUT2D eigenvalue weighted by Crippen LogP contribution is 2.39. The van der Waals surface area contributed by atoms with Gasteiger partial charge < -0.3 is 20.6 Å². The number of aromatic amines is 2. The topological polar surface area (TPSA) is 226 Å². The van der Waals surface area contributed by atoms with Gasteiger partial charge in [-0.3, -0.25) is 20.2 Å². The minimum absolute atomic E-state index is 0.0718. The Hall–Kier alpha value is -6.42. The van der Waals surface area contributed by atoms with Crippen LogP contribution in [0.25, 0.3) is 45.3 Å². The summed E-state index contributed by atoms with van der Waals surface area (Å²) in [6.45, 7) is 0.398. The molecule has 8 rings (SSSR count). The highest BCUT2D eigenvalue weighted by Gasteiger charge is 2.28. The number of hydrogen-bond donors (Lipinski definition) is 4. The van der Waals surface area contributed by atoms with E-state index in [0.717, 1.165) is 0 Å². The Morgan fingerprint density at radius 1 is 0.613 bits per heavy atom. The van der Waals surface area contributed by atoms with Crippen molar-refractivity contribution in [2.24, 2.45) is 0 Å². The molecule has 0 saturated carbocycles. The molecule has 0 aliphatic rings. The van der Waals surface area contributed by atoms with Gasteiger partial charge in [-0.15, -0.1) is 22.7 Å². The zero-order valence-corrected chi connectivity index (χ0v) is 36.2. The van der Waals surface area contributed by atoms with E-state index in [-0.39, 0.29) is 49.5 Å². The number of nitrogens with one attached hydrogen (secondary N) is 4. The lowest BCUT2D eigenvalue weighted by atomic mass is 10.1. The van der Waals surface area contributed by atoms with Crippen molar-refractivity contribution in [3.63, 3.8) is 0 Å². The molecule has 0 fully saturated rings. The first kappa shape index (κ1) is 42.3. The van der Waals surface area contributed by atoms with Gasteiger partial charge in [0.2, 0.25) is 11.9 Å². The van der Waals surface area contributed by atoms with Gasteiger partial charge in [-0.1, -0.05) is 46.4 Å². The molecule has 0 aliphatic heterocycles. The van der Waals surface area contributed by atoms with Gasteiger partial charge in [0.25, 0.3) is 0 Å². The molecule has 6 heterocycles. The summed E-state index contributed by atoms with van der Waals surface area (Å²) in [5.74, 6) is 1.21. The van der Waals surface area contributed by atoms with Crippen molar-refractivity contribution in [2.75, 3.05) is 46.8 Å². The third-order valence-corrected chi connectivity index (χ3v) is 11.9. The smallest absolute Gasteiger partial charge is 0.303 e. The first-order chi connectivity index (χ1) is 30.0. The Morgan fingerprint density at radius 2 is 1.05 bits per heavy atom. The highest BCUT2D eigenvalue weighted by atomic mass is 35.5. The van der Waals surface area contributed by atoms with Gasteiger partial charge in [0.05, 0.1) is 55.5 Å². The normalized spacial score (nSPS) is 11.1. The summed E-state index contributed by atoms with van der Waals surface area (Å²) >= 11 is 28.6. The second kappa shape index (κ2) is 18.7. The van der Waals surface area contributed by atoms with E-state index in [2.05, 4.69) is 30.6 Å². The lowest BCUT2D eigenvalue weighted by Gasteiger charge is -2.35. The standard InChI is InChI=1S/C38H28Cl4N14O4S2/c39-21-1-3-23(27(41)17-21)31-25(33-43-7-8-44-33)19-49-37(51-31)53(13-11-47-35-29(55(57)58)5-15-61-35)54(14-12-48-36-30(56(59)60)6-16-62-36)38-50-20-26(34-45-9-10-46-34)32(52-38)24-4-2-22(40)18-28(24)42/h1-10,15-20,47-48H,11-14H2,(H,43,44)(H,45,46). The fourth-order valence-corrected chi connectivity index (χ4v) is 8.86. The maximum atomic E-state index is 11.8. The van der Waals surface area contributed by atoms with Crippen LogP contribution in [0.2, 0.25) is 20.1 Å². The van der Waals surface area contributed by atoms with E-state index >= 15 is 0 Å².